The van der Waals surface area contributed by atoms with Crippen molar-refractivity contribution in [2.75, 3.05) is 7.11 Å². The number of hydrogen-bond donors (Lipinski definition) is 1. The molecule has 0 radical (unpaired) electrons. The van der Waals surface area contributed by atoms with Gasteiger partial charge < -0.3 is 9.84 Å². The number of carbonyl (C=O) groups excluding carboxylic acids is 1. The number of aliphatic hydroxyl groups excluding tert-OH is 1. The van der Waals surface area contributed by atoms with Gasteiger partial charge in [0.1, 0.15) is 11.9 Å². The van der Waals surface area contributed by atoms with Gasteiger partial charge in [0.05, 0.1) is 7.11 Å². The summed E-state index contributed by atoms with van der Waals surface area (Å²) in [4.78, 5) is 10.7. The van der Waals surface area contributed by atoms with Crippen LogP contribution in [0.5, 0.6) is 5.75 Å². The van der Waals surface area contributed by atoms with Crippen molar-refractivity contribution in [3.63, 3.8) is 0 Å². The summed E-state index contributed by atoms with van der Waals surface area (Å²) in [5.41, 5.74) is -0.0269. The molecule has 1 aromatic rings. The Bertz CT molecular complexity index is 373. The van der Waals surface area contributed by atoms with Crippen molar-refractivity contribution in [2.45, 2.75) is 19.0 Å². The van der Waals surface area contributed by atoms with Gasteiger partial charge in [-0.15, -0.1) is 0 Å². The molecular formula is C11H12F2O3. The van der Waals surface area contributed by atoms with E-state index in [9.17, 15) is 18.7 Å². The maximum Gasteiger partial charge on any atom is 0.334 e. The fourth-order valence-electron chi connectivity index (χ4n) is 1.19. The number of alkyl halides is 2. The molecule has 0 aromatic heterocycles. The zero-order chi connectivity index (χ0) is 12.3. The maximum absolute atomic E-state index is 13.2. The van der Waals surface area contributed by atoms with Crippen molar-refractivity contribution in [2.24, 2.45) is 0 Å². The highest BCUT2D eigenvalue weighted by Gasteiger charge is 2.44. The Morgan fingerprint density at radius 3 is 2.25 bits per heavy atom. The Morgan fingerprint density at radius 1 is 1.38 bits per heavy atom. The molecule has 0 saturated heterocycles. The van der Waals surface area contributed by atoms with E-state index >= 15 is 0 Å². The van der Waals surface area contributed by atoms with Gasteiger partial charge in [0, 0.05) is 6.92 Å². The molecular weight excluding hydrogens is 218 g/mol. The van der Waals surface area contributed by atoms with Gasteiger partial charge in [0.15, 0.2) is 0 Å². The molecule has 0 heterocycles. The lowest BCUT2D eigenvalue weighted by Gasteiger charge is -2.20. The summed E-state index contributed by atoms with van der Waals surface area (Å²) >= 11 is 0. The summed E-state index contributed by atoms with van der Waals surface area (Å²) in [5, 5.41) is 9.37. The topological polar surface area (TPSA) is 46.5 Å². The van der Waals surface area contributed by atoms with E-state index in [1.807, 2.05) is 0 Å². The van der Waals surface area contributed by atoms with Crippen LogP contribution in [0.3, 0.4) is 0 Å². The van der Waals surface area contributed by atoms with Gasteiger partial charge in [-0.2, -0.15) is 8.78 Å². The number of Topliss-reactive ketones (excluding diaryl/α,β-unsaturated/α-hetero) is 1. The predicted octanol–water partition coefficient (Wildman–Crippen LogP) is 1.95. The van der Waals surface area contributed by atoms with Crippen LogP contribution in [0.25, 0.3) is 0 Å². The summed E-state index contributed by atoms with van der Waals surface area (Å²) in [6.07, 6.45) is -2.13. The molecule has 0 saturated carbocycles. The van der Waals surface area contributed by atoms with Crippen LogP contribution in [-0.2, 0) is 4.79 Å². The van der Waals surface area contributed by atoms with Crippen LogP contribution in [0.4, 0.5) is 8.78 Å². The van der Waals surface area contributed by atoms with Gasteiger partial charge in [0.2, 0.25) is 5.78 Å². The van der Waals surface area contributed by atoms with Gasteiger partial charge in [-0.1, -0.05) is 12.1 Å². The average Bonchev–Trinajstić information content (AvgIpc) is 2.28. The number of carbonyl (C=O) groups is 1. The first-order valence-electron chi connectivity index (χ1n) is 4.60. The fourth-order valence-corrected chi connectivity index (χ4v) is 1.19. The van der Waals surface area contributed by atoms with Crippen molar-refractivity contribution in [3.8, 4) is 5.75 Å². The van der Waals surface area contributed by atoms with Gasteiger partial charge in [-0.05, 0) is 17.7 Å². The third-order valence-electron chi connectivity index (χ3n) is 2.24. The van der Waals surface area contributed by atoms with Crippen molar-refractivity contribution in [3.05, 3.63) is 29.8 Å². The van der Waals surface area contributed by atoms with Crippen molar-refractivity contribution < 1.29 is 23.4 Å². The van der Waals surface area contributed by atoms with Crippen LogP contribution >= 0.6 is 0 Å². The number of hydrogen-bond acceptors (Lipinski definition) is 3. The minimum atomic E-state index is -3.77. The molecule has 5 heteroatoms. The van der Waals surface area contributed by atoms with E-state index in [1.54, 1.807) is 0 Å². The normalized spacial score (nSPS) is 13.3. The molecule has 1 aromatic carbocycles. The zero-order valence-corrected chi connectivity index (χ0v) is 8.91. The van der Waals surface area contributed by atoms with Crippen molar-refractivity contribution >= 4 is 5.78 Å². The third-order valence-corrected chi connectivity index (χ3v) is 2.24. The van der Waals surface area contributed by atoms with Crippen LogP contribution in [0.15, 0.2) is 24.3 Å². The second-order valence-electron chi connectivity index (χ2n) is 3.35. The number of benzene rings is 1. The zero-order valence-electron chi connectivity index (χ0n) is 8.91. The molecule has 1 N–H and O–H groups in total. The minimum absolute atomic E-state index is 0.0269. The number of halogens is 2. The molecule has 1 unspecified atom stereocenters. The highest BCUT2D eigenvalue weighted by atomic mass is 19.3. The van der Waals surface area contributed by atoms with E-state index in [2.05, 4.69) is 0 Å². The third kappa shape index (κ3) is 2.36. The molecule has 0 bridgehead atoms. The molecule has 0 fully saturated rings. The fraction of sp³-hybridized carbons (Fsp3) is 0.364. The molecule has 0 aliphatic carbocycles. The van der Waals surface area contributed by atoms with Crippen LogP contribution in [0.2, 0.25) is 0 Å². The monoisotopic (exact) mass is 230 g/mol. The quantitative estimate of drug-likeness (QED) is 0.859. The first-order valence-corrected chi connectivity index (χ1v) is 4.60. The molecule has 1 atom stereocenters. The lowest BCUT2D eigenvalue weighted by atomic mass is 10.0. The molecule has 16 heavy (non-hydrogen) atoms. The Morgan fingerprint density at radius 2 is 1.88 bits per heavy atom. The minimum Gasteiger partial charge on any atom is -0.497 e. The Labute approximate surface area is 91.7 Å². The van der Waals surface area contributed by atoms with E-state index in [0.717, 1.165) is 6.92 Å². The second-order valence-corrected chi connectivity index (χ2v) is 3.35. The highest BCUT2D eigenvalue weighted by Crippen LogP contribution is 2.32. The lowest BCUT2D eigenvalue weighted by Crippen LogP contribution is -2.33. The summed E-state index contributed by atoms with van der Waals surface area (Å²) in [6, 6.07) is 5.46. The smallest absolute Gasteiger partial charge is 0.334 e. The summed E-state index contributed by atoms with van der Waals surface area (Å²) < 4.78 is 31.2. The predicted molar refractivity (Wildman–Crippen MR) is 53.6 cm³/mol. The SMILES string of the molecule is COc1ccc(C(O)C(F)(F)C(C)=O)cc1. The number of ether oxygens (including phenoxy) is 1. The van der Waals surface area contributed by atoms with Gasteiger partial charge >= 0.3 is 5.92 Å². The van der Waals surface area contributed by atoms with Gasteiger partial charge in [0.25, 0.3) is 0 Å². The summed E-state index contributed by atoms with van der Waals surface area (Å²) in [6.45, 7) is 0.743. The summed E-state index contributed by atoms with van der Waals surface area (Å²) in [5.74, 6) is -4.65. The molecule has 3 nitrogen and oxygen atoms in total. The second kappa shape index (κ2) is 4.57. The van der Waals surface area contributed by atoms with Crippen molar-refractivity contribution in [1.29, 1.82) is 0 Å². The average molecular weight is 230 g/mol. The van der Waals surface area contributed by atoms with E-state index in [-0.39, 0.29) is 5.56 Å². The van der Waals surface area contributed by atoms with Crippen LogP contribution < -0.4 is 4.74 Å². The van der Waals surface area contributed by atoms with E-state index < -0.39 is 17.8 Å². The van der Waals surface area contributed by atoms with Crippen LogP contribution in [-0.4, -0.2) is 23.9 Å². The van der Waals surface area contributed by atoms with Crippen molar-refractivity contribution in [1.82, 2.24) is 0 Å². The number of methoxy groups -OCH3 is 1. The largest absolute Gasteiger partial charge is 0.497 e. The van der Waals surface area contributed by atoms with Crippen LogP contribution in [0.1, 0.15) is 18.6 Å². The first-order chi connectivity index (χ1) is 7.39. The Hall–Kier alpha value is -1.49. The number of ketones is 1. The maximum atomic E-state index is 13.2. The highest BCUT2D eigenvalue weighted by molar-refractivity contribution is 5.84. The Kier molecular flexibility index (Phi) is 3.59. The Balaban J connectivity index is 2.96. The van der Waals surface area contributed by atoms with E-state index in [1.165, 1.54) is 31.4 Å². The van der Waals surface area contributed by atoms with Crippen LogP contribution in [0, 0.1) is 0 Å². The standard InChI is InChI=1S/C11H12F2O3/c1-7(14)11(12,13)10(15)8-3-5-9(16-2)6-4-8/h3-6,10,15H,1-2H3. The number of aliphatic hydroxyl groups is 1. The molecule has 1 rings (SSSR count). The van der Waals surface area contributed by atoms with E-state index in [0.29, 0.717) is 5.75 Å². The molecule has 0 spiro atoms. The lowest BCUT2D eigenvalue weighted by molar-refractivity contribution is -0.159. The number of rotatable bonds is 4. The molecule has 0 aliphatic heterocycles. The summed E-state index contributed by atoms with van der Waals surface area (Å²) in [7, 11) is 1.44. The van der Waals surface area contributed by atoms with E-state index in [4.69, 9.17) is 4.74 Å². The van der Waals surface area contributed by atoms with Gasteiger partial charge in [-0.3, -0.25) is 4.79 Å². The molecule has 0 amide bonds. The molecule has 0 aliphatic rings. The molecule has 88 valence electrons. The van der Waals surface area contributed by atoms with Gasteiger partial charge in [-0.25, -0.2) is 0 Å². The first kappa shape index (κ1) is 12.6.